The fourth-order valence-corrected chi connectivity index (χ4v) is 1.41. The van der Waals surface area contributed by atoms with Crippen LogP contribution in [-0.4, -0.2) is 30.0 Å². The Hall–Kier alpha value is -2.55. The van der Waals surface area contributed by atoms with Gasteiger partial charge in [0.25, 0.3) is 5.91 Å². The Bertz CT molecular complexity index is 489. The average molecular weight is 261 g/mol. The van der Waals surface area contributed by atoms with Crippen molar-refractivity contribution in [1.82, 2.24) is 5.32 Å². The van der Waals surface area contributed by atoms with E-state index >= 15 is 0 Å². The molecule has 0 aliphatic rings. The monoisotopic (exact) mass is 261 g/mol. The van der Waals surface area contributed by atoms with Crippen molar-refractivity contribution in [2.45, 2.75) is 13.3 Å². The van der Waals surface area contributed by atoms with Gasteiger partial charge in [0.15, 0.2) is 6.61 Å². The fourth-order valence-electron chi connectivity index (χ4n) is 1.41. The highest BCUT2D eigenvalue weighted by molar-refractivity contribution is 6.00. The van der Waals surface area contributed by atoms with Gasteiger partial charge in [0.05, 0.1) is 11.8 Å². The van der Waals surface area contributed by atoms with Crippen molar-refractivity contribution in [3.8, 4) is 11.8 Å². The van der Waals surface area contributed by atoms with E-state index in [0.717, 1.165) is 5.56 Å². The summed E-state index contributed by atoms with van der Waals surface area (Å²) >= 11 is 0. The third-order valence-corrected chi connectivity index (χ3v) is 2.38. The quantitative estimate of drug-likeness (QED) is 0.349. The Morgan fingerprint density at radius 2 is 2.16 bits per heavy atom. The van der Waals surface area contributed by atoms with E-state index in [1.807, 2.05) is 6.92 Å². The molecule has 0 bridgehead atoms. The van der Waals surface area contributed by atoms with Gasteiger partial charge < -0.3 is 15.3 Å². The third kappa shape index (κ3) is 4.68. The van der Waals surface area contributed by atoms with E-state index in [0.29, 0.717) is 17.9 Å². The van der Waals surface area contributed by atoms with Gasteiger partial charge in [-0.2, -0.15) is 5.26 Å². The number of nitriles is 1. The van der Waals surface area contributed by atoms with Gasteiger partial charge in [0, 0.05) is 0 Å². The van der Waals surface area contributed by atoms with Crippen molar-refractivity contribution >= 4 is 11.6 Å². The number of hydrogen-bond acceptors (Lipinski definition) is 5. The predicted molar refractivity (Wildman–Crippen MR) is 69.2 cm³/mol. The van der Waals surface area contributed by atoms with Crippen molar-refractivity contribution in [2.75, 3.05) is 13.2 Å². The van der Waals surface area contributed by atoms with Crippen LogP contribution in [0.4, 0.5) is 0 Å². The number of carbonyl (C=O) groups excluding carboxylic acids is 1. The second-order valence-corrected chi connectivity index (χ2v) is 3.65. The zero-order valence-electron chi connectivity index (χ0n) is 10.6. The molecule has 0 aromatic heterocycles. The summed E-state index contributed by atoms with van der Waals surface area (Å²) in [7, 11) is 0. The minimum atomic E-state index is -0.350. The molecule has 0 saturated carbocycles. The van der Waals surface area contributed by atoms with Crippen LogP contribution in [0.3, 0.4) is 0 Å². The Morgan fingerprint density at radius 1 is 1.47 bits per heavy atom. The topological polar surface area (TPSA) is 94.7 Å². The van der Waals surface area contributed by atoms with Crippen molar-refractivity contribution in [3.05, 3.63) is 29.8 Å². The number of nitrogens with zero attached hydrogens (tertiary/aromatic N) is 2. The largest absolute Gasteiger partial charge is 0.484 e. The molecule has 0 unspecified atom stereocenters. The molecule has 1 aromatic carbocycles. The van der Waals surface area contributed by atoms with Gasteiger partial charge in [-0.15, -0.1) is 0 Å². The van der Waals surface area contributed by atoms with E-state index in [2.05, 4.69) is 10.5 Å². The minimum absolute atomic E-state index is 0.0338. The molecule has 100 valence electrons. The van der Waals surface area contributed by atoms with Crippen molar-refractivity contribution < 1.29 is 14.7 Å². The molecule has 0 radical (unpaired) electrons. The summed E-state index contributed by atoms with van der Waals surface area (Å²) in [6.45, 7) is 1.71. The van der Waals surface area contributed by atoms with Gasteiger partial charge in [-0.05, 0) is 36.2 Å². The molecule has 0 heterocycles. The molecule has 0 atom stereocenters. The number of rotatable bonds is 6. The van der Waals surface area contributed by atoms with Gasteiger partial charge in [0.1, 0.15) is 12.3 Å². The summed E-state index contributed by atoms with van der Waals surface area (Å²) in [5.41, 5.74) is 1.38. The standard InChI is InChI=1S/C13H15N3O3/c1-2-12(16-18)10-3-5-11(6-4-10)19-9-13(17)15-8-7-14/h3-6,18H,2,8-9H2,1H3,(H,15,17)/b16-12+. The number of carbonyl (C=O) groups is 1. The molecule has 0 saturated heterocycles. The van der Waals surface area contributed by atoms with Gasteiger partial charge in [-0.3, -0.25) is 4.79 Å². The highest BCUT2D eigenvalue weighted by Crippen LogP contribution is 2.13. The van der Waals surface area contributed by atoms with Crippen LogP contribution >= 0.6 is 0 Å². The molecule has 6 nitrogen and oxygen atoms in total. The first-order chi connectivity index (χ1) is 9.21. The van der Waals surface area contributed by atoms with Crippen LogP contribution in [-0.2, 0) is 4.79 Å². The van der Waals surface area contributed by atoms with Gasteiger partial charge >= 0.3 is 0 Å². The lowest BCUT2D eigenvalue weighted by Crippen LogP contribution is -2.29. The molecule has 1 aromatic rings. The second kappa shape index (κ2) is 7.71. The maximum absolute atomic E-state index is 11.2. The lowest BCUT2D eigenvalue weighted by atomic mass is 10.1. The Kier molecular flexibility index (Phi) is 5.89. The van der Waals surface area contributed by atoms with Crippen LogP contribution < -0.4 is 10.1 Å². The van der Waals surface area contributed by atoms with Crippen molar-refractivity contribution in [3.63, 3.8) is 0 Å². The Balaban J connectivity index is 2.54. The first-order valence-electron chi connectivity index (χ1n) is 5.79. The maximum Gasteiger partial charge on any atom is 0.258 e. The van der Waals surface area contributed by atoms with E-state index in [-0.39, 0.29) is 19.1 Å². The summed E-state index contributed by atoms with van der Waals surface area (Å²) < 4.78 is 5.24. The summed E-state index contributed by atoms with van der Waals surface area (Å²) in [5, 5.41) is 22.6. The normalized spacial score (nSPS) is 10.6. The van der Waals surface area contributed by atoms with Gasteiger partial charge in [0.2, 0.25) is 0 Å². The first-order valence-corrected chi connectivity index (χ1v) is 5.79. The summed E-state index contributed by atoms with van der Waals surface area (Å²) in [5.74, 6) is 0.182. The molecular formula is C13H15N3O3. The Morgan fingerprint density at radius 3 is 2.68 bits per heavy atom. The molecule has 0 fully saturated rings. The first kappa shape index (κ1) is 14.5. The molecule has 0 aliphatic carbocycles. The summed E-state index contributed by atoms with van der Waals surface area (Å²) in [4.78, 5) is 11.2. The zero-order valence-corrected chi connectivity index (χ0v) is 10.6. The molecule has 6 heteroatoms. The smallest absolute Gasteiger partial charge is 0.258 e. The zero-order chi connectivity index (χ0) is 14.1. The van der Waals surface area contributed by atoms with E-state index in [4.69, 9.17) is 15.2 Å². The Labute approximate surface area is 111 Å². The number of nitrogens with one attached hydrogen (secondary N) is 1. The van der Waals surface area contributed by atoms with Crippen LogP contribution in [0.5, 0.6) is 5.75 Å². The van der Waals surface area contributed by atoms with Crippen LogP contribution in [0.2, 0.25) is 0 Å². The van der Waals surface area contributed by atoms with E-state index in [1.165, 1.54) is 0 Å². The lowest BCUT2D eigenvalue weighted by Gasteiger charge is -2.07. The summed E-state index contributed by atoms with van der Waals surface area (Å²) in [6.07, 6.45) is 0.618. The van der Waals surface area contributed by atoms with Gasteiger partial charge in [-0.1, -0.05) is 12.1 Å². The minimum Gasteiger partial charge on any atom is -0.484 e. The van der Waals surface area contributed by atoms with Crippen molar-refractivity contribution in [2.24, 2.45) is 5.16 Å². The van der Waals surface area contributed by atoms with E-state index in [1.54, 1.807) is 30.3 Å². The molecule has 0 spiro atoms. The third-order valence-electron chi connectivity index (χ3n) is 2.38. The second-order valence-electron chi connectivity index (χ2n) is 3.65. The summed E-state index contributed by atoms with van der Waals surface area (Å²) in [6, 6.07) is 8.68. The van der Waals surface area contributed by atoms with Crippen LogP contribution in [0.15, 0.2) is 29.4 Å². The molecule has 0 aliphatic heterocycles. The van der Waals surface area contributed by atoms with E-state index < -0.39 is 0 Å². The maximum atomic E-state index is 11.2. The molecule has 1 amide bonds. The average Bonchev–Trinajstić information content (AvgIpc) is 2.45. The van der Waals surface area contributed by atoms with Crippen LogP contribution in [0, 0.1) is 11.3 Å². The molecular weight excluding hydrogens is 246 g/mol. The number of benzene rings is 1. The molecule has 2 N–H and O–H groups in total. The van der Waals surface area contributed by atoms with Crippen LogP contribution in [0.25, 0.3) is 0 Å². The highest BCUT2D eigenvalue weighted by Gasteiger charge is 2.04. The van der Waals surface area contributed by atoms with Crippen LogP contribution in [0.1, 0.15) is 18.9 Å². The number of hydrogen-bond donors (Lipinski definition) is 2. The highest BCUT2D eigenvalue weighted by atomic mass is 16.5. The lowest BCUT2D eigenvalue weighted by molar-refractivity contribution is -0.122. The predicted octanol–water partition coefficient (Wildman–Crippen LogP) is 1.29. The van der Waals surface area contributed by atoms with Gasteiger partial charge in [-0.25, -0.2) is 0 Å². The fraction of sp³-hybridized carbons (Fsp3) is 0.308. The number of oxime groups is 1. The SMILES string of the molecule is CC/C(=N\O)c1ccc(OCC(=O)NCC#N)cc1. The number of amides is 1. The van der Waals surface area contributed by atoms with Crippen molar-refractivity contribution in [1.29, 1.82) is 5.26 Å². The molecule has 1 rings (SSSR count). The molecule has 19 heavy (non-hydrogen) atoms. The van der Waals surface area contributed by atoms with E-state index in [9.17, 15) is 4.79 Å². The number of ether oxygens (including phenoxy) is 1.